The molecule has 3 nitrogen and oxygen atoms in total. The molecule has 3 aromatic rings. The first-order valence-corrected chi connectivity index (χ1v) is 7.52. The monoisotopic (exact) mass is 312 g/mol. The fraction of sp³-hybridized carbons (Fsp3) is 0.222. The molecule has 3 rings (SSSR count). The van der Waals surface area contributed by atoms with Gasteiger partial charge < -0.3 is 4.42 Å². The minimum Gasteiger partial charge on any atom is -0.416 e. The summed E-state index contributed by atoms with van der Waals surface area (Å²) >= 11 is 5.89. The number of rotatable bonds is 2. The number of hydrogen-bond acceptors (Lipinski definition) is 3. The summed E-state index contributed by atoms with van der Waals surface area (Å²) in [4.78, 5) is 0. The van der Waals surface area contributed by atoms with Gasteiger partial charge in [-0.2, -0.15) is 0 Å². The van der Waals surface area contributed by atoms with E-state index in [1.165, 1.54) is 5.56 Å². The minimum absolute atomic E-state index is 0.127. The van der Waals surface area contributed by atoms with Crippen LogP contribution in [-0.4, -0.2) is 10.2 Å². The van der Waals surface area contributed by atoms with Crippen LogP contribution in [0, 0.1) is 0 Å². The fourth-order valence-corrected chi connectivity index (χ4v) is 2.29. The van der Waals surface area contributed by atoms with E-state index in [0.29, 0.717) is 16.8 Å². The summed E-state index contributed by atoms with van der Waals surface area (Å²) in [5, 5.41) is 8.91. The second kappa shape index (κ2) is 5.58. The highest BCUT2D eigenvalue weighted by molar-refractivity contribution is 6.30. The first kappa shape index (κ1) is 14.8. The topological polar surface area (TPSA) is 38.9 Å². The summed E-state index contributed by atoms with van der Waals surface area (Å²) in [5.41, 5.74) is 3.17. The fourth-order valence-electron chi connectivity index (χ4n) is 2.16. The lowest BCUT2D eigenvalue weighted by molar-refractivity contribution is 0.582. The minimum atomic E-state index is 0.127. The van der Waals surface area contributed by atoms with Gasteiger partial charge in [0.05, 0.1) is 0 Å². The lowest BCUT2D eigenvalue weighted by Crippen LogP contribution is -2.10. The van der Waals surface area contributed by atoms with E-state index in [1.807, 2.05) is 24.3 Å². The molecule has 1 heterocycles. The van der Waals surface area contributed by atoms with Crippen molar-refractivity contribution >= 4 is 11.6 Å². The normalized spacial score (nSPS) is 11.6. The summed E-state index contributed by atoms with van der Waals surface area (Å²) < 4.78 is 5.76. The van der Waals surface area contributed by atoms with E-state index >= 15 is 0 Å². The molecule has 0 aliphatic heterocycles. The molecular formula is C18H17ClN2O. The molecule has 22 heavy (non-hydrogen) atoms. The van der Waals surface area contributed by atoms with Gasteiger partial charge >= 0.3 is 0 Å². The van der Waals surface area contributed by atoms with Gasteiger partial charge in [-0.15, -0.1) is 10.2 Å². The Morgan fingerprint density at radius 1 is 0.773 bits per heavy atom. The Balaban J connectivity index is 1.89. The zero-order valence-electron chi connectivity index (χ0n) is 12.8. The van der Waals surface area contributed by atoms with Gasteiger partial charge in [-0.3, -0.25) is 0 Å². The summed E-state index contributed by atoms with van der Waals surface area (Å²) in [5.74, 6) is 1.01. The first-order valence-electron chi connectivity index (χ1n) is 7.14. The molecule has 0 fully saturated rings. The van der Waals surface area contributed by atoms with Crippen LogP contribution in [0.15, 0.2) is 52.9 Å². The molecular weight excluding hydrogens is 296 g/mol. The number of nitrogens with zero attached hydrogens (tertiary/aromatic N) is 2. The molecule has 0 amide bonds. The van der Waals surface area contributed by atoms with E-state index in [1.54, 1.807) is 12.1 Å². The maximum atomic E-state index is 5.89. The third-order valence-corrected chi connectivity index (χ3v) is 3.77. The molecule has 1 aromatic heterocycles. The van der Waals surface area contributed by atoms with Crippen LogP contribution in [0.5, 0.6) is 0 Å². The summed E-state index contributed by atoms with van der Waals surface area (Å²) in [7, 11) is 0. The van der Waals surface area contributed by atoms with E-state index in [9.17, 15) is 0 Å². The van der Waals surface area contributed by atoms with Crippen molar-refractivity contribution in [1.82, 2.24) is 10.2 Å². The Bertz CT molecular complexity index is 768. The molecule has 112 valence electrons. The zero-order chi connectivity index (χ0) is 15.7. The van der Waals surface area contributed by atoms with Crippen LogP contribution < -0.4 is 0 Å². The predicted molar refractivity (Wildman–Crippen MR) is 88.9 cm³/mol. The molecule has 0 saturated heterocycles. The van der Waals surface area contributed by atoms with Gasteiger partial charge in [0.1, 0.15) is 0 Å². The van der Waals surface area contributed by atoms with Crippen molar-refractivity contribution in [2.24, 2.45) is 0 Å². The maximum absolute atomic E-state index is 5.89. The quantitative estimate of drug-likeness (QED) is 0.640. The molecule has 4 heteroatoms. The molecule has 0 unspecified atom stereocenters. The predicted octanol–water partition coefficient (Wildman–Crippen LogP) is 5.35. The van der Waals surface area contributed by atoms with Gasteiger partial charge in [0, 0.05) is 16.1 Å². The number of benzene rings is 2. The average molecular weight is 313 g/mol. The number of hydrogen-bond donors (Lipinski definition) is 0. The highest BCUT2D eigenvalue weighted by atomic mass is 35.5. The van der Waals surface area contributed by atoms with Crippen LogP contribution in [-0.2, 0) is 5.41 Å². The highest BCUT2D eigenvalue weighted by Gasteiger charge is 2.15. The Hall–Kier alpha value is -2.13. The molecule has 0 aliphatic rings. The van der Waals surface area contributed by atoms with E-state index < -0.39 is 0 Å². The second-order valence-corrected chi connectivity index (χ2v) is 6.68. The zero-order valence-corrected chi connectivity index (χ0v) is 13.6. The van der Waals surface area contributed by atoms with Crippen molar-refractivity contribution in [2.75, 3.05) is 0 Å². The van der Waals surface area contributed by atoms with E-state index in [4.69, 9.17) is 16.0 Å². The van der Waals surface area contributed by atoms with Gasteiger partial charge in [-0.1, -0.05) is 44.5 Å². The van der Waals surface area contributed by atoms with Gasteiger partial charge in [0.2, 0.25) is 11.8 Å². The van der Waals surface area contributed by atoms with Crippen LogP contribution in [0.25, 0.3) is 22.9 Å². The van der Waals surface area contributed by atoms with Crippen molar-refractivity contribution in [1.29, 1.82) is 0 Å². The van der Waals surface area contributed by atoms with Crippen molar-refractivity contribution in [2.45, 2.75) is 26.2 Å². The van der Waals surface area contributed by atoms with E-state index in [0.717, 1.165) is 11.1 Å². The Kier molecular flexibility index (Phi) is 3.75. The number of halogens is 1. The van der Waals surface area contributed by atoms with Crippen LogP contribution in [0.2, 0.25) is 5.02 Å². The average Bonchev–Trinajstić information content (AvgIpc) is 2.97. The molecule has 0 aliphatic carbocycles. The van der Waals surface area contributed by atoms with E-state index in [2.05, 4.69) is 43.1 Å². The third kappa shape index (κ3) is 3.04. The Morgan fingerprint density at radius 2 is 1.23 bits per heavy atom. The van der Waals surface area contributed by atoms with Crippen molar-refractivity contribution < 1.29 is 4.42 Å². The smallest absolute Gasteiger partial charge is 0.248 e. The summed E-state index contributed by atoms with van der Waals surface area (Å²) in [6.45, 7) is 6.56. The van der Waals surface area contributed by atoms with Crippen molar-refractivity contribution in [3.63, 3.8) is 0 Å². The highest BCUT2D eigenvalue weighted by Crippen LogP contribution is 2.27. The summed E-state index contributed by atoms with van der Waals surface area (Å²) in [6.07, 6.45) is 0. The van der Waals surface area contributed by atoms with Crippen LogP contribution in [0.1, 0.15) is 26.3 Å². The summed E-state index contributed by atoms with van der Waals surface area (Å²) in [6, 6.07) is 15.6. The standard InChI is InChI=1S/C18H17ClN2O/c1-18(2,3)14-8-4-12(5-9-14)16-20-21-17(22-16)13-6-10-15(19)11-7-13/h4-11H,1-3H3. The van der Waals surface area contributed by atoms with Gasteiger partial charge in [0.25, 0.3) is 0 Å². The maximum Gasteiger partial charge on any atom is 0.248 e. The van der Waals surface area contributed by atoms with Gasteiger partial charge in [-0.25, -0.2) is 0 Å². The van der Waals surface area contributed by atoms with Crippen LogP contribution >= 0.6 is 11.6 Å². The largest absolute Gasteiger partial charge is 0.416 e. The lowest BCUT2D eigenvalue weighted by Gasteiger charge is -2.18. The molecule has 0 radical (unpaired) electrons. The second-order valence-electron chi connectivity index (χ2n) is 6.25. The van der Waals surface area contributed by atoms with Crippen molar-refractivity contribution in [3.05, 3.63) is 59.1 Å². The Morgan fingerprint density at radius 3 is 1.68 bits per heavy atom. The third-order valence-electron chi connectivity index (χ3n) is 3.51. The van der Waals surface area contributed by atoms with Gasteiger partial charge in [-0.05, 0) is 47.4 Å². The molecule has 0 saturated carbocycles. The molecule has 0 spiro atoms. The molecule has 2 aromatic carbocycles. The van der Waals surface area contributed by atoms with Crippen LogP contribution in [0.3, 0.4) is 0 Å². The van der Waals surface area contributed by atoms with Crippen molar-refractivity contribution in [3.8, 4) is 22.9 Å². The van der Waals surface area contributed by atoms with Gasteiger partial charge in [0.15, 0.2) is 0 Å². The molecule has 0 bridgehead atoms. The SMILES string of the molecule is CC(C)(C)c1ccc(-c2nnc(-c3ccc(Cl)cc3)o2)cc1. The molecule has 0 atom stereocenters. The van der Waals surface area contributed by atoms with E-state index in [-0.39, 0.29) is 5.41 Å². The lowest BCUT2D eigenvalue weighted by atomic mass is 9.87. The van der Waals surface area contributed by atoms with Crippen LogP contribution in [0.4, 0.5) is 0 Å². The number of aromatic nitrogens is 2. The Labute approximate surface area is 135 Å². The molecule has 0 N–H and O–H groups in total. The first-order chi connectivity index (χ1) is 10.4.